The molecule has 1 N–H and O–H groups in total. The van der Waals surface area contributed by atoms with Gasteiger partial charge >= 0.3 is 0 Å². The standard InChI is InChI=1S/C19H19N3OS2/c1-13-11-14(2)21-19(20-13)25-17-6-4-16(5-7-17)22-18(23)8-3-15-9-10-24-12-15/h4-7,9-12H,3,8H2,1-2H3,(H,22,23). The molecular weight excluding hydrogens is 350 g/mol. The first kappa shape index (κ1) is 17.6. The molecule has 0 aliphatic heterocycles. The third-order valence-electron chi connectivity index (χ3n) is 3.53. The van der Waals surface area contributed by atoms with Gasteiger partial charge in [-0.3, -0.25) is 4.79 Å². The third-order valence-corrected chi connectivity index (χ3v) is 5.13. The second-order valence-corrected chi connectivity index (χ2v) is 7.56. The van der Waals surface area contributed by atoms with Crippen molar-refractivity contribution < 1.29 is 4.79 Å². The molecule has 0 bridgehead atoms. The summed E-state index contributed by atoms with van der Waals surface area (Å²) in [6.45, 7) is 3.93. The Hall–Kier alpha value is -2.18. The highest BCUT2D eigenvalue weighted by atomic mass is 32.2. The fourth-order valence-electron chi connectivity index (χ4n) is 2.37. The van der Waals surface area contributed by atoms with Crippen LogP contribution in [0.25, 0.3) is 0 Å². The van der Waals surface area contributed by atoms with E-state index >= 15 is 0 Å². The summed E-state index contributed by atoms with van der Waals surface area (Å²) in [6.07, 6.45) is 1.26. The minimum Gasteiger partial charge on any atom is -0.326 e. The molecule has 0 atom stereocenters. The van der Waals surface area contributed by atoms with E-state index in [4.69, 9.17) is 0 Å². The van der Waals surface area contributed by atoms with Crippen LogP contribution < -0.4 is 5.32 Å². The van der Waals surface area contributed by atoms with Gasteiger partial charge in [-0.2, -0.15) is 11.3 Å². The van der Waals surface area contributed by atoms with Gasteiger partial charge in [0.1, 0.15) is 0 Å². The summed E-state index contributed by atoms with van der Waals surface area (Å²) in [4.78, 5) is 21.9. The molecule has 25 heavy (non-hydrogen) atoms. The minimum atomic E-state index is 0.0317. The Morgan fingerprint density at radius 2 is 1.84 bits per heavy atom. The van der Waals surface area contributed by atoms with Crippen molar-refractivity contribution >= 4 is 34.7 Å². The summed E-state index contributed by atoms with van der Waals surface area (Å²) in [5, 5.41) is 7.79. The predicted molar refractivity (Wildman–Crippen MR) is 103 cm³/mol. The van der Waals surface area contributed by atoms with Crippen molar-refractivity contribution in [3.05, 3.63) is 64.1 Å². The lowest BCUT2D eigenvalue weighted by atomic mass is 10.2. The molecule has 0 saturated heterocycles. The molecular formula is C19H19N3OS2. The summed E-state index contributed by atoms with van der Waals surface area (Å²) >= 11 is 3.17. The van der Waals surface area contributed by atoms with E-state index in [-0.39, 0.29) is 5.91 Å². The summed E-state index contributed by atoms with van der Waals surface area (Å²) in [5.41, 5.74) is 3.94. The summed E-state index contributed by atoms with van der Waals surface area (Å²) < 4.78 is 0. The van der Waals surface area contributed by atoms with Gasteiger partial charge in [0.2, 0.25) is 5.91 Å². The number of thiophene rings is 1. The van der Waals surface area contributed by atoms with Crippen LogP contribution in [0.3, 0.4) is 0 Å². The number of nitrogens with zero attached hydrogens (tertiary/aromatic N) is 2. The molecule has 128 valence electrons. The van der Waals surface area contributed by atoms with Crippen molar-refractivity contribution in [2.75, 3.05) is 5.32 Å². The van der Waals surface area contributed by atoms with Crippen LogP contribution in [-0.2, 0) is 11.2 Å². The fourth-order valence-corrected chi connectivity index (χ4v) is 3.93. The molecule has 6 heteroatoms. The SMILES string of the molecule is Cc1cc(C)nc(Sc2ccc(NC(=O)CCc3ccsc3)cc2)n1. The average Bonchev–Trinajstić information content (AvgIpc) is 3.07. The smallest absolute Gasteiger partial charge is 0.224 e. The van der Waals surface area contributed by atoms with Gasteiger partial charge in [0.25, 0.3) is 0 Å². The Labute approximate surface area is 155 Å². The molecule has 0 aliphatic carbocycles. The Kier molecular flexibility index (Phi) is 5.83. The van der Waals surface area contributed by atoms with E-state index in [0.29, 0.717) is 6.42 Å². The van der Waals surface area contributed by atoms with Crippen LogP contribution in [-0.4, -0.2) is 15.9 Å². The van der Waals surface area contributed by atoms with Gasteiger partial charge in [-0.15, -0.1) is 0 Å². The predicted octanol–water partition coefficient (Wildman–Crippen LogP) is 4.88. The van der Waals surface area contributed by atoms with Gasteiger partial charge in [0.15, 0.2) is 5.16 Å². The minimum absolute atomic E-state index is 0.0317. The van der Waals surface area contributed by atoms with Crippen molar-refractivity contribution in [3.8, 4) is 0 Å². The van der Waals surface area contributed by atoms with Crippen LogP contribution >= 0.6 is 23.1 Å². The number of nitrogens with one attached hydrogen (secondary N) is 1. The molecule has 1 aromatic carbocycles. The van der Waals surface area contributed by atoms with Gasteiger partial charge < -0.3 is 5.32 Å². The first-order valence-corrected chi connectivity index (χ1v) is 9.75. The normalized spacial score (nSPS) is 10.6. The maximum Gasteiger partial charge on any atom is 0.224 e. The Balaban J connectivity index is 1.55. The molecule has 1 amide bonds. The van der Waals surface area contributed by atoms with Crippen molar-refractivity contribution in [2.45, 2.75) is 36.7 Å². The van der Waals surface area contributed by atoms with E-state index in [0.717, 1.165) is 33.5 Å². The molecule has 2 aromatic heterocycles. The van der Waals surface area contributed by atoms with Gasteiger partial charge in [0, 0.05) is 28.4 Å². The van der Waals surface area contributed by atoms with E-state index in [9.17, 15) is 4.79 Å². The number of aromatic nitrogens is 2. The molecule has 0 aliphatic rings. The quantitative estimate of drug-likeness (QED) is 0.629. The van der Waals surface area contributed by atoms with Gasteiger partial charge in [-0.1, -0.05) is 0 Å². The van der Waals surface area contributed by atoms with Crippen LogP contribution in [0.2, 0.25) is 0 Å². The molecule has 0 radical (unpaired) electrons. The van der Waals surface area contributed by atoms with E-state index in [2.05, 4.69) is 26.7 Å². The number of carbonyl (C=O) groups is 1. The van der Waals surface area contributed by atoms with E-state index in [1.54, 1.807) is 11.3 Å². The van der Waals surface area contributed by atoms with Crippen molar-refractivity contribution in [1.29, 1.82) is 0 Å². The van der Waals surface area contributed by atoms with E-state index in [1.807, 2.05) is 49.6 Å². The number of rotatable bonds is 6. The molecule has 3 aromatic rings. The highest BCUT2D eigenvalue weighted by Crippen LogP contribution is 2.26. The van der Waals surface area contributed by atoms with Crippen LogP contribution in [0.1, 0.15) is 23.4 Å². The van der Waals surface area contributed by atoms with Crippen LogP contribution in [0, 0.1) is 13.8 Å². The second kappa shape index (κ2) is 8.27. The van der Waals surface area contributed by atoms with Crippen LogP contribution in [0.4, 0.5) is 5.69 Å². The zero-order chi connectivity index (χ0) is 17.6. The van der Waals surface area contributed by atoms with Crippen molar-refractivity contribution in [2.24, 2.45) is 0 Å². The monoisotopic (exact) mass is 369 g/mol. The van der Waals surface area contributed by atoms with Gasteiger partial charge in [-0.05, 0) is 84.8 Å². The second-order valence-electron chi connectivity index (χ2n) is 5.74. The largest absolute Gasteiger partial charge is 0.326 e. The van der Waals surface area contributed by atoms with Crippen LogP contribution in [0.5, 0.6) is 0 Å². The maximum absolute atomic E-state index is 12.0. The third kappa shape index (κ3) is 5.41. The number of carbonyl (C=O) groups excluding carboxylic acids is 1. The summed E-state index contributed by atoms with van der Waals surface area (Å²) in [7, 11) is 0. The molecule has 0 unspecified atom stereocenters. The Bertz CT molecular complexity index is 825. The fraction of sp³-hybridized carbons (Fsp3) is 0.211. The number of aryl methyl sites for hydroxylation is 3. The number of benzene rings is 1. The van der Waals surface area contributed by atoms with E-state index < -0.39 is 0 Å². The molecule has 0 fully saturated rings. The first-order chi connectivity index (χ1) is 12.1. The maximum atomic E-state index is 12.0. The molecule has 0 spiro atoms. The van der Waals surface area contributed by atoms with Gasteiger partial charge in [-0.25, -0.2) is 9.97 Å². The van der Waals surface area contributed by atoms with Crippen LogP contribution in [0.15, 0.2) is 57.2 Å². The average molecular weight is 370 g/mol. The number of anilines is 1. The summed E-state index contributed by atoms with van der Waals surface area (Å²) in [6, 6.07) is 11.8. The van der Waals surface area contributed by atoms with Gasteiger partial charge in [0.05, 0.1) is 0 Å². The lowest BCUT2D eigenvalue weighted by Gasteiger charge is -2.07. The number of amides is 1. The highest BCUT2D eigenvalue weighted by molar-refractivity contribution is 7.99. The highest BCUT2D eigenvalue weighted by Gasteiger charge is 2.06. The molecule has 2 heterocycles. The number of hydrogen-bond donors (Lipinski definition) is 1. The van der Waals surface area contributed by atoms with Crippen molar-refractivity contribution in [1.82, 2.24) is 9.97 Å². The van der Waals surface area contributed by atoms with E-state index in [1.165, 1.54) is 17.3 Å². The lowest BCUT2D eigenvalue weighted by molar-refractivity contribution is -0.116. The summed E-state index contributed by atoms with van der Waals surface area (Å²) in [5.74, 6) is 0.0317. The Morgan fingerprint density at radius 3 is 2.48 bits per heavy atom. The zero-order valence-corrected chi connectivity index (χ0v) is 15.8. The molecule has 3 rings (SSSR count). The lowest BCUT2D eigenvalue weighted by Crippen LogP contribution is -2.12. The molecule has 0 saturated carbocycles. The molecule has 4 nitrogen and oxygen atoms in total. The topological polar surface area (TPSA) is 54.9 Å². The zero-order valence-electron chi connectivity index (χ0n) is 14.2. The first-order valence-electron chi connectivity index (χ1n) is 7.99. The van der Waals surface area contributed by atoms with Crippen molar-refractivity contribution in [3.63, 3.8) is 0 Å². The Morgan fingerprint density at radius 1 is 1.12 bits per heavy atom. The number of hydrogen-bond acceptors (Lipinski definition) is 5.